The van der Waals surface area contributed by atoms with E-state index in [1.54, 1.807) is 12.1 Å². The van der Waals surface area contributed by atoms with Crippen molar-refractivity contribution < 1.29 is 14.9 Å². The molecule has 0 aliphatic rings. The van der Waals surface area contributed by atoms with E-state index in [9.17, 15) is 10.2 Å². The van der Waals surface area contributed by atoms with Crippen LogP contribution in [0.2, 0.25) is 0 Å². The number of benzene rings is 1. The number of hydrogen-bond donors (Lipinski definition) is 2. The van der Waals surface area contributed by atoms with E-state index in [1.165, 1.54) is 12.8 Å². The van der Waals surface area contributed by atoms with E-state index in [4.69, 9.17) is 4.74 Å². The lowest BCUT2D eigenvalue weighted by molar-refractivity contribution is -0.125. The molecule has 1 rings (SSSR count). The molecule has 0 saturated heterocycles. The van der Waals surface area contributed by atoms with Crippen LogP contribution < -0.4 is 0 Å². The molecule has 0 heterocycles. The molecule has 102 valence electrons. The predicted octanol–water partition coefficient (Wildman–Crippen LogP) is 3.03. The van der Waals surface area contributed by atoms with Gasteiger partial charge in [0.1, 0.15) is 0 Å². The average molecular weight is 252 g/mol. The number of hydrogen-bond acceptors (Lipinski definition) is 3. The predicted molar refractivity (Wildman–Crippen MR) is 72.1 cm³/mol. The lowest BCUT2D eigenvalue weighted by Gasteiger charge is -2.15. The molecule has 0 aliphatic heterocycles. The molecule has 1 aromatic carbocycles. The van der Waals surface area contributed by atoms with Gasteiger partial charge in [0.05, 0.1) is 12.7 Å². The van der Waals surface area contributed by atoms with Gasteiger partial charge in [0.15, 0.2) is 6.29 Å². The van der Waals surface area contributed by atoms with Gasteiger partial charge in [-0.3, -0.25) is 0 Å². The van der Waals surface area contributed by atoms with Gasteiger partial charge in [0, 0.05) is 5.56 Å². The molecular weight excluding hydrogens is 228 g/mol. The fraction of sp³-hybridized carbons (Fsp3) is 0.600. The molecule has 3 heteroatoms. The highest BCUT2D eigenvalue weighted by Crippen LogP contribution is 2.14. The fourth-order valence-corrected chi connectivity index (χ4v) is 1.81. The second-order valence-corrected chi connectivity index (χ2v) is 4.60. The Kier molecular flexibility index (Phi) is 7.65. The Morgan fingerprint density at radius 1 is 1.06 bits per heavy atom. The van der Waals surface area contributed by atoms with Gasteiger partial charge >= 0.3 is 0 Å². The second kappa shape index (κ2) is 9.09. The van der Waals surface area contributed by atoms with E-state index in [0.29, 0.717) is 0 Å². The van der Waals surface area contributed by atoms with Crippen LogP contribution in [0.15, 0.2) is 30.3 Å². The SMILES string of the molecule is CCCCCCC(O)COC(O)c1ccccc1. The molecule has 0 amide bonds. The van der Waals surface area contributed by atoms with Crippen LogP contribution in [-0.2, 0) is 4.74 Å². The molecule has 3 nitrogen and oxygen atoms in total. The van der Waals surface area contributed by atoms with Crippen LogP contribution in [0.1, 0.15) is 50.9 Å². The average Bonchev–Trinajstić information content (AvgIpc) is 2.42. The highest BCUT2D eigenvalue weighted by molar-refractivity contribution is 5.15. The maximum Gasteiger partial charge on any atom is 0.181 e. The van der Waals surface area contributed by atoms with E-state index < -0.39 is 12.4 Å². The number of ether oxygens (including phenoxy) is 1. The molecule has 0 fully saturated rings. The number of unbranched alkanes of at least 4 members (excludes halogenated alkanes) is 3. The summed E-state index contributed by atoms with van der Waals surface area (Å²) in [6.07, 6.45) is 3.87. The van der Waals surface area contributed by atoms with E-state index in [0.717, 1.165) is 24.8 Å². The standard InChI is InChI=1S/C15H24O3/c1-2-3-4-8-11-14(16)12-18-15(17)13-9-6-5-7-10-13/h5-7,9-10,14-17H,2-4,8,11-12H2,1H3. The minimum Gasteiger partial charge on any atom is -0.391 e. The van der Waals surface area contributed by atoms with Gasteiger partial charge in [0.25, 0.3) is 0 Å². The topological polar surface area (TPSA) is 49.7 Å². The first-order valence-corrected chi connectivity index (χ1v) is 6.76. The molecule has 2 atom stereocenters. The van der Waals surface area contributed by atoms with Crippen molar-refractivity contribution in [1.82, 2.24) is 0 Å². The van der Waals surface area contributed by atoms with Crippen LogP contribution in [0.5, 0.6) is 0 Å². The molecule has 0 radical (unpaired) electrons. The summed E-state index contributed by atoms with van der Waals surface area (Å²) in [7, 11) is 0. The lowest BCUT2D eigenvalue weighted by atomic mass is 10.1. The summed E-state index contributed by atoms with van der Waals surface area (Å²) in [6.45, 7) is 2.35. The Morgan fingerprint density at radius 2 is 1.78 bits per heavy atom. The van der Waals surface area contributed by atoms with Crippen LogP contribution in [-0.4, -0.2) is 22.9 Å². The summed E-state index contributed by atoms with van der Waals surface area (Å²) in [5, 5.41) is 19.5. The van der Waals surface area contributed by atoms with E-state index in [2.05, 4.69) is 6.92 Å². The van der Waals surface area contributed by atoms with Crippen molar-refractivity contribution in [2.75, 3.05) is 6.61 Å². The molecular formula is C15H24O3. The van der Waals surface area contributed by atoms with Crippen molar-refractivity contribution >= 4 is 0 Å². The Balaban J connectivity index is 2.16. The summed E-state index contributed by atoms with van der Waals surface area (Å²) in [5.74, 6) is 0. The van der Waals surface area contributed by atoms with Gasteiger partial charge in [-0.1, -0.05) is 62.9 Å². The van der Waals surface area contributed by atoms with Crippen molar-refractivity contribution in [2.45, 2.75) is 51.4 Å². The third-order valence-electron chi connectivity index (χ3n) is 2.92. The zero-order valence-electron chi connectivity index (χ0n) is 11.1. The minimum atomic E-state index is -0.948. The van der Waals surface area contributed by atoms with Gasteiger partial charge in [-0.15, -0.1) is 0 Å². The maximum atomic E-state index is 9.75. The first kappa shape index (κ1) is 15.2. The Hall–Kier alpha value is -0.900. The molecule has 18 heavy (non-hydrogen) atoms. The third-order valence-corrected chi connectivity index (χ3v) is 2.92. The Morgan fingerprint density at radius 3 is 2.44 bits per heavy atom. The highest BCUT2D eigenvalue weighted by Gasteiger charge is 2.10. The lowest BCUT2D eigenvalue weighted by Crippen LogP contribution is -2.17. The molecule has 0 spiro atoms. The van der Waals surface area contributed by atoms with E-state index >= 15 is 0 Å². The summed E-state index contributed by atoms with van der Waals surface area (Å²) < 4.78 is 5.25. The van der Waals surface area contributed by atoms with Crippen molar-refractivity contribution in [3.8, 4) is 0 Å². The summed E-state index contributed by atoms with van der Waals surface area (Å²) in [5.41, 5.74) is 0.718. The van der Waals surface area contributed by atoms with Crippen molar-refractivity contribution in [3.63, 3.8) is 0 Å². The van der Waals surface area contributed by atoms with Crippen molar-refractivity contribution in [1.29, 1.82) is 0 Å². The number of aliphatic hydroxyl groups is 2. The normalized spacial score (nSPS) is 14.4. The highest BCUT2D eigenvalue weighted by atomic mass is 16.6. The minimum absolute atomic E-state index is 0.183. The maximum absolute atomic E-state index is 9.75. The van der Waals surface area contributed by atoms with Crippen LogP contribution in [0, 0.1) is 0 Å². The molecule has 2 N–H and O–H groups in total. The molecule has 2 unspecified atom stereocenters. The second-order valence-electron chi connectivity index (χ2n) is 4.60. The van der Waals surface area contributed by atoms with Gasteiger partial charge in [-0.2, -0.15) is 0 Å². The number of aliphatic hydroxyl groups excluding tert-OH is 2. The third kappa shape index (κ3) is 6.15. The summed E-state index contributed by atoms with van der Waals surface area (Å²) >= 11 is 0. The monoisotopic (exact) mass is 252 g/mol. The zero-order valence-corrected chi connectivity index (χ0v) is 11.1. The molecule has 0 aromatic heterocycles. The molecule has 1 aromatic rings. The van der Waals surface area contributed by atoms with Crippen LogP contribution >= 0.6 is 0 Å². The number of rotatable bonds is 9. The van der Waals surface area contributed by atoms with Gasteiger partial charge in [0.2, 0.25) is 0 Å². The van der Waals surface area contributed by atoms with Crippen LogP contribution in [0.4, 0.5) is 0 Å². The summed E-state index contributed by atoms with van der Waals surface area (Å²) in [6, 6.07) is 9.20. The van der Waals surface area contributed by atoms with E-state index in [1.807, 2.05) is 18.2 Å². The Labute approximate surface area is 109 Å². The van der Waals surface area contributed by atoms with Crippen LogP contribution in [0.3, 0.4) is 0 Å². The first-order valence-electron chi connectivity index (χ1n) is 6.76. The Bertz CT molecular complexity index is 300. The fourth-order valence-electron chi connectivity index (χ4n) is 1.81. The smallest absolute Gasteiger partial charge is 0.181 e. The largest absolute Gasteiger partial charge is 0.391 e. The van der Waals surface area contributed by atoms with Gasteiger partial charge in [-0.25, -0.2) is 0 Å². The molecule has 0 aliphatic carbocycles. The van der Waals surface area contributed by atoms with E-state index in [-0.39, 0.29) is 6.61 Å². The zero-order chi connectivity index (χ0) is 13.2. The summed E-state index contributed by atoms with van der Waals surface area (Å²) in [4.78, 5) is 0. The van der Waals surface area contributed by atoms with Gasteiger partial charge in [-0.05, 0) is 6.42 Å². The molecule has 0 saturated carbocycles. The first-order chi connectivity index (χ1) is 8.74. The quantitative estimate of drug-likeness (QED) is 0.524. The van der Waals surface area contributed by atoms with Crippen molar-refractivity contribution in [3.05, 3.63) is 35.9 Å². The van der Waals surface area contributed by atoms with Crippen molar-refractivity contribution in [2.24, 2.45) is 0 Å². The van der Waals surface area contributed by atoms with Crippen LogP contribution in [0.25, 0.3) is 0 Å². The van der Waals surface area contributed by atoms with Gasteiger partial charge < -0.3 is 14.9 Å². The molecule has 0 bridgehead atoms.